The summed E-state index contributed by atoms with van der Waals surface area (Å²) in [5, 5.41) is 2.96. The molecule has 166 valence electrons. The van der Waals surface area contributed by atoms with Gasteiger partial charge in [0.1, 0.15) is 0 Å². The zero-order chi connectivity index (χ0) is 22.2. The third-order valence-corrected chi connectivity index (χ3v) is 7.73. The van der Waals surface area contributed by atoms with Crippen LogP contribution in [0.25, 0.3) is 0 Å². The van der Waals surface area contributed by atoms with Crippen molar-refractivity contribution in [3.05, 3.63) is 53.1 Å². The maximum Gasteiger partial charge on any atom is 0.251 e. The van der Waals surface area contributed by atoms with Crippen LogP contribution in [0, 0.1) is 6.92 Å². The van der Waals surface area contributed by atoms with E-state index in [1.54, 1.807) is 29.4 Å². The van der Waals surface area contributed by atoms with E-state index in [4.69, 9.17) is 9.47 Å². The summed E-state index contributed by atoms with van der Waals surface area (Å²) in [5.74, 6) is 0.798. The lowest BCUT2D eigenvalue weighted by Gasteiger charge is -2.24. The minimum absolute atomic E-state index is 0.0182. The van der Waals surface area contributed by atoms with Crippen molar-refractivity contribution >= 4 is 15.9 Å². The van der Waals surface area contributed by atoms with Gasteiger partial charge in [0.2, 0.25) is 10.0 Å². The summed E-state index contributed by atoms with van der Waals surface area (Å²) in [5.41, 5.74) is 2.04. The molecule has 7 nitrogen and oxygen atoms in total. The smallest absolute Gasteiger partial charge is 0.251 e. The van der Waals surface area contributed by atoms with Gasteiger partial charge in [-0.2, -0.15) is 4.31 Å². The first-order valence-electron chi connectivity index (χ1n) is 10.5. The Kier molecular flexibility index (Phi) is 5.94. The Balaban J connectivity index is 1.58. The van der Waals surface area contributed by atoms with Crippen LogP contribution >= 0.6 is 0 Å². The van der Waals surface area contributed by atoms with Gasteiger partial charge >= 0.3 is 0 Å². The fraction of sp³-hybridized carbons (Fsp3) is 0.435. The Labute approximate surface area is 183 Å². The van der Waals surface area contributed by atoms with Crippen LogP contribution in [0.5, 0.6) is 11.5 Å². The Morgan fingerprint density at radius 2 is 1.65 bits per heavy atom. The molecule has 0 bridgehead atoms. The second kappa shape index (κ2) is 8.51. The van der Waals surface area contributed by atoms with E-state index in [0.29, 0.717) is 28.7 Å². The lowest BCUT2D eigenvalue weighted by atomic mass is 10.1. The Hall–Kier alpha value is -2.58. The molecular formula is C23H28N2O5S. The Morgan fingerprint density at radius 1 is 1.03 bits per heavy atom. The number of methoxy groups -OCH3 is 2. The summed E-state index contributed by atoms with van der Waals surface area (Å²) < 4.78 is 39.3. The van der Waals surface area contributed by atoms with Gasteiger partial charge in [-0.15, -0.1) is 0 Å². The molecular weight excluding hydrogens is 416 g/mol. The van der Waals surface area contributed by atoms with Gasteiger partial charge < -0.3 is 14.8 Å². The molecule has 0 atom stereocenters. The molecule has 2 saturated carbocycles. The standard InChI is InChI=1S/C23H28N2O5S/c1-15-12-20(29-2)21(30-3)13-22(15)31(27,28)25(19-10-11-19)14-16-4-6-17(7-5-16)23(26)24-18-8-9-18/h4-7,12-13,18-19H,8-11,14H2,1-3H3,(H,24,26). The van der Waals surface area contributed by atoms with Crippen LogP contribution in [0.15, 0.2) is 41.3 Å². The van der Waals surface area contributed by atoms with Crippen molar-refractivity contribution in [2.24, 2.45) is 0 Å². The highest BCUT2D eigenvalue weighted by atomic mass is 32.2. The van der Waals surface area contributed by atoms with Gasteiger partial charge in [-0.3, -0.25) is 4.79 Å². The number of amides is 1. The zero-order valence-electron chi connectivity index (χ0n) is 18.1. The highest BCUT2D eigenvalue weighted by Crippen LogP contribution is 2.38. The number of carbonyl (C=O) groups excluding carboxylic acids is 1. The average Bonchev–Trinajstić information content (AvgIpc) is 3.67. The number of hydrogen-bond donors (Lipinski definition) is 1. The van der Waals surface area contributed by atoms with Gasteiger partial charge in [-0.1, -0.05) is 12.1 Å². The van der Waals surface area contributed by atoms with Crippen molar-refractivity contribution in [2.45, 2.75) is 56.1 Å². The minimum Gasteiger partial charge on any atom is -0.493 e. The van der Waals surface area contributed by atoms with E-state index in [9.17, 15) is 13.2 Å². The Bertz CT molecular complexity index is 1070. The topological polar surface area (TPSA) is 84.9 Å². The highest BCUT2D eigenvalue weighted by Gasteiger charge is 2.39. The third kappa shape index (κ3) is 4.70. The SMILES string of the molecule is COc1cc(C)c(S(=O)(=O)N(Cc2ccc(C(=O)NC3CC3)cc2)C2CC2)cc1OC. The molecule has 2 fully saturated rings. The van der Waals surface area contributed by atoms with Gasteiger partial charge in [0, 0.05) is 30.3 Å². The van der Waals surface area contributed by atoms with Crippen LogP contribution in [0.1, 0.15) is 47.2 Å². The van der Waals surface area contributed by atoms with Gasteiger partial charge in [-0.25, -0.2) is 8.42 Å². The fourth-order valence-corrected chi connectivity index (χ4v) is 5.47. The average molecular weight is 445 g/mol. The summed E-state index contributed by atoms with van der Waals surface area (Å²) in [6.45, 7) is 2.01. The second-order valence-corrected chi connectivity index (χ2v) is 10.1. The van der Waals surface area contributed by atoms with E-state index in [-0.39, 0.29) is 23.4 Å². The Morgan fingerprint density at radius 3 is 2.19 bits per heavy atom. The molecule has 4 rings (SSSR count). The molecule has 0 spiro atoms. The number of aryl methyl sites for hydroxylation is 1. The number of hydrogen-bond acceptors (Lipinski definition) is 5. The van der Waals surface area contributed by atoms with Crippen LogP contribution in [-0.2, 0) is 16.6 Å². The normalized spacial score (nSPS) is 16.3. The maximum atomic E-state index is 13.6. The summed E-state index contributed by atoms with van der Waals surface area (Å²) in [6, 6.07) is 10.7. The van der Waals surface area contributed by atoms with Gasteiger partial charge in [0.25, 0.3) is 5.91 Å². The lowest BCUT2D eigenvalue weighted by Crippen LogP contribution is -2.33. The van der Waals surface area contributed by atoms with Crippen molar-refractivity contribution in [3.8, 4) is 11.5 Å². The summed E-state index contributed by atoms with van der Waals surface area (Å²) in [6.07, 6.45) is 3.75. The van der Waals surface area contributed by atoms with E-state index in [1.165, 1.54) is 20.3 Å². The molecule has 0 aromatic heterocycles. The number of benzene rings is 2. The van der Waals surface area contributed by atoms with Crippen LogP contribution < -0.4 is 14.8 Å². The third-order valence-electron chi connectivity index (χ3n) is 5.69. The number of nitrogens with zero attached hydrogens (tertiary/aromatic N) is 1. The monoisotopic (exact) mass is 444 g/mol. The van der Waals surface area contributed by atoms with Gasteiger partial charge in [0.15, 0.2) is 11.5 Å². The molecule has 2 aliphatic rings. The molecule has 2 aliphatic carbocycles. The molecule has 0 aliphatic heterocycles. The largest absolute Gasteiger partial charge is 0.493 e. The highest BCUT2D eigenvalue weighted by molar-refractivity contribution is 7.89. The minimum atomic E-state index is -3.74. The first-order chi connectivity index (χ1) is 14.8. The second-order valence-electron chi connectivity index (χ2n) is 8.20. The van der Waals surface area contributed by atoms with E-state index in [0.717, 1.165) is 31.2 Å². The molecule has 0 heterocycles. The number of ether oxygens (including phenoxy) is 2. The fourth-order valence-electron chi connectivity index (χ4n) is 3.58. The molecule has 0 radical (unpaired) electrons. The lowest BCUT2D eigenvalue weighted by molar-refractivity contribution is 0.0951. The number of carbonyl (C=O) groups is 1. The number of sulfonamides is 1. The summed E-state index contributed by atoms with van der Waals surface area (Å²) >= 11 is 0. The van der Waals surface area contributed by atoms with Crippen molar-refractivity contribution in [2.75, 3.05) is 14.2 Å². The predicted octanol–water partition coefficient (Wildman–Crippen LogP) is 3.26. The molecule has 31 heavy (non-hydrogen) atoms. The van der Waals surface area contributed by atoms with Crippen LogP contribution in [0.3, 0.4) is 0 Å². The van der Waals surface area contributed by atoms with Gasteiger partial charge in [0.05, 0.1) is 19.1 Å². The van der Waals surface area contributed by atoms with E-state index < -0.39 is 10.0 Å². The van der Waals surface area contributed by atoms with Crippen molar-refractivity contribution < 1.29 is 22.7 Å². The molecule has 1 N–H and O–H groups in total. The molecule has 8 heteroatoms. The summed E-state index contributed by atoms with van der Waals surface area (Å²) in [4.78, 5) is 12.4. The van der Waals surface area contributed by atoms with Crippen LogP contribution in [0.2, 0.25) is 0 Å². The zero-order valence-corrected chi connectivity index (χ0v) is 18.9. The van der Waals surface area contributed by atoms with Crippen molar-refractivity contribution in [3.63, 3.8) is 0 Å². The van der Waals surface area contributed by atoms with Crippen molar-refractivity contribution in [1.29, 1.82) is 0 Å². The summed E-state index contributed by atoms with van der Waals surface area (Å²) in [7, 11) is -0.726. The van der Waals surface area contributed by atoms with E-state index >= 15 is 0 Å². The van der Waals surface area contributed by atoms with Crippen LogP contribution in [-0.4, -0.2) is 44.9 Å². The quantitative estimate of drug-likeness (QED) is 0.642. The molecule has 0 saturated heterocycles. The van der Waals surface area contributed by atoms with E-state index in [1.807, 2.05) is 12.1 Å². The number of rotatable bonds is 9. The van der Waals surface area contributed by atoms with Crippen LogP contribution in [0.4, 0.5) is 0 Å². The molecule has 2 aromatic carbocycles. The number of nitrogens with one attached hydrogen (secondary N) is 1. The first-order valence-corrected chi connectivity index (χ1v) is 11.9. The van der Waals surface area contributed by atoms with Gasteiger partial charge in [-0.05, 0) is 61.9 Å². The molecule has 1 amide bonds. The predicted molar refractivity (Wildman–Crippen MR) is 117 cm³/mol. The van der Waals surface area contributed by atoms with E-state index in [2.05, 4.69) is 5.32 Å². The maximum absolute atomic E-state index is 13.6. The molecule has 0 unspecified atom stereocenters. The first kappa shape index (κ1) is 21.6. The van der Waals surface area contributed by atoms with Crippen molar-refractivity contribution in [1.82, 2.24) is 9.62 Å². The molecule has 2 aromatic rings.